The van der Waals surface area contributed by atoms with Crippen molar-refractivity contribution in [3.8, 4) is 0 Å². The maximum atomic E-state index is 3.56. The van der Waals surface area contributed by atoms with E-state index in [9.17, 15) is 0 Å². The van der Waals surface area contributed by atoms with Crippen molar-refractivity contribution in [3.63, 3.8) is 0 Å². The Morgan fingerprint density at radius 1 is 1.31 bits per heavy atom. The molecular weight excluding hydrogens is 196 g/mol. The summed E-state index contributed by atoms with van der Waals surface area (Å²) in [6.07, 6.45) is 4.00. The minimum Gasteiger partial charge on any atom is -0.383 e. The van der Waals surface area contributed by atoms with E-state index in [1.165, 1.54) is 42.6 Å². The van der Waals surface area contributed by atoms with Crippen molar-refractivity contribution in [3.05, 3.63) is 29.3 Å². The lowest BCUT2D eigenvalue weighted by Gasteiger charge is -2.24. The molecule has 0 aromatic heterocycles. The van der Waals surface area contributed by atoms with Crippen LogP contribution in [0.5, 0.6) is 0 Å². The van der Waals surface area contributed by atoms with Crippen molar-refractivity contribution in [2.45, 2.75) is 39.2 Å². The molecule has 1 aromatic rings. The summed E-state index contributed by atoms with van der Waals surface area (Å²) in [5.41, 5.74) is 4.02. The predicted octanol–water partition coefficient (Wildman–Crippen LogP) is 2.86. The maximum absolute atomic E-state index is 3.56. The van der Waals surface area contributed by atoms with E-state index in [0.717, 1.165) is 6.54 Å². The van der Waals surface area contributed by atoms with Gasteiger partial charge < -0.3 is 10.6 Å². The number of rotatable bonds is 3. The van der Waals surface area contributed by atoms with E-state index in [0.29, 0.717) is 6.04 Å². The highest BCUT2D eigenvalue weighted by molar-refractivity contribution is 5.53. The van der Waals surface area contributed by atoms with Gasteiger partial charge in [0.05, 0.1) is 0 Å². The molecule has 0 bridgehead atoms. The van der Waals surface area contributed by atoms with Crippen LogP contribution in [0.1, 0.15) is 30.4 Å². The minimum absolute atomic E-state index is 0.647. The van der Waals surface area contributed by atoms with Gasteiger partial charge in [-0.25, -0.2) is 0 Å². The summed E-state index contributed by atoms with van der Waals surface area (Å²) in [4.78, 5) is 0. The summed E-state index contributed by atoms with van der Waals surface area (Å²) in [6.45, 7) is 6.58. The number of piperidine rings is 1. The van der Waals surface area contributed by atoms with Crippen LogP contribution in [0.4, 0.5) is 5.69 Å². The third kappa shape index (κ3) is 2.76. The standard InChI is InChI=1S/C14H22N2/c1-11-6-5-8-14(12(11)2)16-10-13-7-3-4-9-15-13/h5-6,8,13,15-16H,3-4,7,9-10H2,1-2H3. The molecule has 1 unspecified atom stereocenters. The molecule has 0 amide bonds. The fraction of sp³-hybridized carbons (Fsp3) is 0.571. The molecule has 1 atom stereocenters. The van der Waals surface area contributed by atoms with E-state index >= 15 is 0 Å². The first-order chi connectivity index (χ1) is 7.77. The van der Waals surface area contributed by atoms with Crippen LogP contribution in [0.3, 0.4) is 0 Å². The van der Waals surface area contributed by atoms with E-state index < -0.39 is 0 Å². The second-order valence-electron chi connectivity index (χ2n) is 4.78. The highest BCUT2D eigenvalue weighted by Crippen LogP contribution is 2.18. The Hall–Kier alpha value is -1.02. The molecule has 1 aromatic carbocycles. The van der Waals surface area contributed by atoms with Crippen molar-refractivity contribution < 1.29 is 0 Å². The number of nitrogens with one attached hydrogen (secondary N) is 2. The smallest absolute Gasteiger partial charge is 0.0373 e. The van der Waals surface area contributed by atoms with Gasteiger partial charge in [0.2, 0.25) is 0 Å². The van der Waals surface area contributed by atoms with Gasteiger partial charge in [0.25, 0.3) is 0 Å². The molecule has 1 saturated heterocycles. The van der Waals surface area contributed by atoms with Crippen LogP contribution >= 0.6 is 0 Å². The monoisotopic (exact) mass is 218 g/mol. The average molecular weight is 218 g/mol. The first-order valence-electron chi connectivity index (χ1n) is 6.31. The lowest BCUT2D eigenvalue weighted by Crippen LogP contribution is -2.39. The second kappa shape index (κ2) is 5.35. The molecule has 2 rings (SSSR count). The van der Waals surface area contributed by atoms with Gasteiger partial charge in [-0.15, -0.1) is 0 Å². The molecule has 2 nitrogen and oxygen atoms in total. The van der Waals surface area contributed by atoms with Crippen molar-refractivity contribution >= 4 is 5.69 Å². The van der Waals surface area contributed by atoms with Crippen molar-refractivity contribution in [1.29, 1.82) is 0 Å². The highest BCUT2D eigenvalue weighted by Gasteiger charge is 2.12. The minimum atomic E-state index is 0.647. The molecule has 1 aliphatic heterocycles. The summed E-state index contributed by atoms with van der Waals surface area (Å²) >= 11 is 0. The van der Waals surface area contributed by atoms with Crippen LogP contribution in [0.25, 0.3) is 0 Å². The number of aryl methyl sites for hydroxylation is 1. The predicted molar refractivity (Wildman–Crippen MR) is 70.0 cm³/mol. The van der Waals surface area contributed by atoms with E-state index in [1.54, 1.807) is 0 Å². The Labute approximate surface area is 98.4 Å². The first-order valence-corrected chi connectivity index (χ1v) is 6.31. The second-order valence-corrected chi connectivity index (χ2v) is 4.78. The van der Waals surface area contributed by atoms with Crippen molar-refractivity contribution in [2.75, 3.05) is 18.4 Å². The van der Waals surface area contributed by atoms with Crippen molar-refractivity contribution in [2.24, 2.45) is 0 Å². The molecular formula is C14H22N2. The Bertz CT molecular complexity index is 341. The van der Waals surface area contributed by atoms with Crippen LogP contribution < -0.4 is 10.6 Å². The SMILES string of the molecule is Cc1cccc(NCC2CCCCN2)c1C. The maximum Gasteiger partial charge on any atom is 0.0373 e. The normalized spacial score (nSPS) is 20.8. The van der Waals surface area contributed by atoms with Crippen molar-refractivity contribution in [1.82, 2.24) is 5.32 Å². The van der Waals surface area contributed by atoms with E-state index in [4.69, 9.17) is 0 Å². The van der Waals surface area contributed by atoms with Crippen LogP contribution in [-0.4, -0.2) is 19.1 Å². The molecule has 88 valence electrons. The molecule has 1 aliphatic rings. The van der Waals surface area contributed by atoms with Gasteiger partial charge in [-0.05, 0) is 50.4 Å². The van der Waals surface area contributed by atoms with Gasteiger partial charge in [0.15, 0.2) is 0 Å². The fourth-order valence-electron chi connectivity index (χ4n) is 2.27. The zero-order chi connectivity index (χ0) is 11.4. The number of hydrogen-bond donors (Lipinski definition) is 2. The Morgan fingerprint density at radius 2 is 2.19 bits per heavy atom. The molecule has 0 radical (unpaired) electrons. The lowest BCUT2D eigenvalue weighted by molar-refractivity contribution is 0.414. The van der Waals surface area contributed by atoms with Gasteiger partial charge in [-0.3, -0.25) is 0 Å². The zero-order valence-electron chi connectivity index (χ0n) is 10.3. The van der Waals surface area contributed by atoms with E-state index in [2.05, 4.69) is 42.7 Å². The van der Waals surface area contributed by atoms with Gasteiger partial charge in [0, 0.05) is 18.3 Å². The van der Waals surface area contributed by atoms with E-state index in [-0.39, 0.29) is 0 Å². The number of benzene rings is 1. The van der Waals surface area contributed by atoms with Gasteiger partial charge in [-0.2, -0.15) is 0 Å². The van der Waals surface area contributed by atoms with Crippen LogP contribution in [0.15, 0.2) is 18.2 Å². The number of anilines is 1. The third-order valence-electron chi connectivity index (χ3n) is 3.56. The summed E-state index contributed by atoms with van der Waals surface area (Å²) in [5.74, 6) is 0. The van der Waals surface area contributed by atoms with Crippen LogP contribution in [0.2, 0.25) is 0 Å². The van der Waals surface area contributed by atoms with E-state index in [1.807, 2.05) is 0 Å². The molecule has 2 heteroatoms. The van der Waals surface area contributed by atoms with Gasteiger partial charge >= 0.3 is 0 Å². The highest BCUT2D eigenvalue weighted by atomic mass is 15.0. The lowest BCUT2D eigenvalue weighted by atomic mass is 10.0. The Kier molecular flexibility index (Phi) is 3.83. The van der Waals surface area contributed by atoms with Crippen LogP contribution in [-0.2, 0) is 0 Å². The van der Waals surface area contributed by atoms with Gasteiger partial charge in [0.1, 0.15) is 0 Å². The summed E-state index contributed by atoms with van der Waals surface area (Å²) in [6, 6.07) is 7.11. The Balaban J connectivity index is 1.91. The van der Waals surface area contributed by atoms with Crippen LogP contribution in [0, 0.1) is 13.8 Å². The largest absolute Gasteiger partial charge is 0.383 e. The molecule has 16 heavy (non-hydrogen) atoms. The third-order valence-corrected chi connectivity index (χ3v) is 3.56. The Morgan fingerprint density at radius 3 is 2.94 bits per heavy atom. The first kappa shape index (κ1) is 11.5. The molecule has 0 aliphatic carbocycles. The van der Waals surface area contributed by atoms with Gasteiger partial charge in [-0.1, -0.05) is 18.6 Å². The topological polar surface area (TPSA) is 24.1 Å². The summed E-state index contributed by atoms with van der Waals surface area (Å²) in [5, 5.41) is 7.12. The summed E-state index contributed by atoms with van der Waals surface area (Å²) in [7, 11) is 0. The zero-order valence-corrected chi connectivity index (χ0v) is 10.3. The summed E-state index contributed by atoms with van der Waals surface area (Å²) < 4.78 is 0. The average Bonchev–Trinajstić information content (AvgIpc) is 2.32. The molecule has 0 saturated carbocycles. The quantitative estimate of drug-likeness (QED) is 0.815. The molecule has 1 heterocycles. The fourth-order valence-corrected chi connectivity index (χ4v) is 2.27. The molecule has 0 spiro atoms. The molecule has 1 fully saturated rings. The molecule has 2 N–H and O–H groups in total. The number of hydrogen-bond acceptors (Lipinski definition) is 2.